The second-order valence-electron chi connectivity index (χ2n) is 4.54. The topological polar surface area (TPSA) is 81.3 Å². The van der Waals surface area contributed by atoms with E-state index in [9.17, 15) is 14.4 Å². The maximum absolute atomic E-state index is 12.1. The number of carboxylic acid groups (broad SMARTS) is 1. The number of benzene rings is 1. The average molecular weight is 262 g/mol. The van der Waals surface area contributed by atoms with Gasteiger partial charge in [0.15, 0.2) is 0 Å². The van der Waals surface area contributed by atoms with Crippen LogP contribution >= 0.6 is 0 Å². The number of carboxylic acids is 1. The third-order valence-corrected chi connectivity index (χ3v) is 2.89. The molecule has 0 unspecified atom stereocenters. The van der Waals surface area contributed by atoms with Crippen molar-refractivity contribution in [3.63, 3.8) is 0 Å². The summed E-state index contributed by atoms with van der Waals surface area (Å²) in [6.07, 6.45) is 0. The van der Waals surface area contributed by atoms with Gasteiger partial charge in [0.1, 0.15) is 6.54 Å². The zero-order chi connectivity index (χ0) is 14.2. The average Bonchev–Trinajstić information content (AvgIpc) is 2.34. The van der Waals surface area contributed by atoms with Gasteiger partial charge < -0.3 is 5.11 Å². The zero-order valence-electron chi connectivity index (χ0n) is 10.7. The number of nitrogens with zero attached hydrogens (tertiary/aromatic N) is 2. The summed E-state index contributed by atoms with van der Waals surface area (Å²) in [6.45, 7) is 3.08. The Kier molecular flexibility index (Phi) is 3.25. The van der Waals surface area contributed by atoms with Crippen molar-refractivity contribution in [3.8, 4) is 0 Å². The first-order valence-corrected chi connectivity index (χ1v) is 5.89. The SMILES string of the molecule is CC(C)n1c(=O)c(=O)n(CC(=O)O)c2ccccc21. The normalized spacial score (nSPS) is 11.1. The van der Waals surface area contributed by atoms with Crippen molar-refractivity contribution in [3.05, 3.63) is 45.0 Å². The maximum Gasteiger partial charge on any atom is 0.323 e. The highest BCUT2D eigenvalue weighted by atomic mass is 16.4. The van der Waals surface area contributed by atoms with Gasteiger partial charge in [-0.1, -0.05) is 12.1 Å². The molecule has 0 aliphatic rings. The van der Waals surface area contributed by atoms with E-state index in [4.69, 9.17) is 5.11 Å². The molecule has 1 N–H and O–H groups in total. The first kappa shape index (κ1) is 13.1. The molecule has 1 aromatic heterocycles. The molecule has 0 spiro atoms. The molecule has 0 aliphatic carbocycles. The van der Waals surface area contributed by atoms with Gasteiger partial charge in [-0.2, -0.15) is 0 Å². The molecule has 0 radical (unpaired) electrons. The highest BCUT2D eigenvalue weighted by Crippen LogP contribution is 2.14. The molecule has 0 atom stereocenters. The molecule has 19 heavy (non-hydrogen) atoms. The first-order valence-electron chi connectivity index (χ1n) is 5.89. The number of rotatable bonds is 3. The van der Waals surface area contributed by atoms with Crippen LogP contribution in [0.2, 0.25) is 0 Å². The molecule has 0 saturated carbocycles. The first-order chi connectivity index (χ1) is 8.93. The zero-order valence-corrected chi connectivity index (χ0v) is 10.7. The fourth-order valence-corrected chi connectivity index (χ4v) is 2.14. The number of hydrogen-bond donors (Lipinski definition) is 1. The molecule has 0 bridgehead atoms. The van der Waals surface area contributed by atoms with Gasteiger partial charge in [-0.05, 0) is 26.0 Å². The third kappa shape index (κ3) is 2.16. The van der Waals surface area contributed by atoms with Crippen molar-refractivity contribution >= 4 is 17.0 Å². The van der Waals surface area contributed by atoms with E-state index >= 15 is 0 Å². The molecule has 6 nitrogen and oxygen atoms in total. The van der Waals surface area contributed by atoms with Gasteiger partial charge in [-0.15, -0.1) is 0 Å². The smallest absolute Gasteiger partial charge is 0.323 e. The van der Waals surface area contributed by atoms with Crippen LogP contribution in [-0.2, 0) is 11.3 Å². The summed E-state index contributed by atoms with van der Waals surface area (Å²) in [7, 11) is 0. The highest BCUT2D eigenvalue weighted by molar-refractivity contribution is 5.77. The Balaban J connectivity index is 2.97. The van der Waals surface area contributed by atoms with E-state index in [1.807, 2.05) is 0 Å². The molecular weight excluding hydrogens is 248 g/mol. The number of aliphatic carboxylic acids is 1. The van der Waals surface area contributed by atoms with Gasteiger partial charge in [0.25, 0.3) is 0 Å². The monoisotopic (exact) mass is 262 g/mol. The Morgan fingerprint density at radius 1 is 1.16 bits per heavy atom. The summed E-state index contributed by atoms with van der Waals surface area (Å²) in [4.78, 5) is 34.9. The third-order valence-electron chi connectivity index (χ3n) is 2.89. The van der Waals surface area contributed by atoms with Crippen molar-refractivity contribution in [2.45, 2.75) is 26.4 Å². The van der Waals surface area contributed by atoms with Crippen LogP contribution in [0.5, 0.6) is 0 Å². The maximum atomic E-state index is 12.1. The van der Waals surface area contributed by atoms with Crippen LogP contribution in [0.25, 0.3) is 11.0 Å². The second kappa shape index (κ2) is 4.72. The predicted molar refractivity (Wildman–Crippen MR) is 70.5 cm³/mol. The summed E-state index contributed by atoms with van der Waals surface area (Å²) < 4.78 is 2.38. The molecule has 6 heteroatoms. The van der Waals surface area contributed by atoms with Gasteiger partial charge in [-0.3, -0.25) is 23.5 Å². The van der Waals surface area contributed by atoms with Crippen LogP contribution in [0.15, 0.2) is 33.9 Å². The van der Waals surface area contributed by atoms with Crippen molar-refractivity contribution in [2.75, 3.05) is 0 Å². The Morgan fingerprint density at radius 2 is 1.74 bits per heavy atom. The number of para-hydroxylation sites is 2. The molecule has 2 rings (SSSR count). The van der Waals surface area contributed by atoms with Crippen LogP contribution in [0.4, 0.5) is 0 Å². The predicted octanol–water partition coefficient (Wildman–Crippen LogP) is 0.829. The Morgan fingerprint density at radius 3 is 2.26 bits per heavy atom. The molecule has 2 aromatic rings. The number of carbonyl (C=O) groups is 1. The van der Waals surface area contributed by atoms with Crippen molar-refractivity contribution in [2.24, 2.45) is 0 Å². The number of hydrogen-bond acceptors (Lipinski definition) is 3. The fourth-order valence-electron chi connectivity index (χ4n) is 2.14. The highest BCUT2D eigenvalue weighted by Gasteiger charge is 2.15. The van der Waals surface area contributed by atoms with E-state index in [1.165, 1.54) is 4.57 Å². The molecular formula is C13H14N2O4. The van der Waals surface area contributed by atoms with Crippen LogP contribution < -0.4 is 11.1 Å². The van der Waals surface area contributed by atoms with Gasteiger partial charge in [0.2, 0.25) is 0 Å². The van der Waals surface area contributed by atoms with E-state index in [2.05, 4.69) is 0 Å². The molecule has 0 saturated heterocycles. The van der Waals surface area contributed by atoms with Crippen LogP contribution in [0.1, 0.15) is 19.9 Å². The quantitative estimate of drug-likeness (QED) is 0.831. The molecule has 1 aromatic carbocycles. The Bertz CT molecular complexity index is 755. The molecule has 0 fully saturated rings. The van der Waals surface area contributed by atoms with Gasteiger partial charge >= 0.3 is 17.1 Å². The summed E-state index contributed by atoms with van der Waals surface area (Å²) in [6, 6.07) is 6.61. The van der Waals surface area contributed by atoms with Gasteiger partial charge in [-0.25, -0.2) is 0 Å². The Labute approximate surface area is 108 Å². The fraction of sp³-hybridized carbons (Fsp3) is 0.308. The Hall–Kier alpha value is -2.37. The van der Waals surface area contributed by atoms with E-state index in [-0.39, 0.29) is 6.04 Å². The van der Waals surface area contributed by atoms with E-state index in [1.54, 1.807) is 38.1 Å². The van der Waals surface area contributed by atoms with E-state index in [0.29, 0.717) is 11.0 Å². The minimum absolute atomic E-state index is 0.176. The van der Waals surface area contributed by atoms with E-state index in [0.717, 1.165) is 4.57 Å². The standard InChI is InChI=1S/C13H14N2O4/c1-8(2)15-10-6-4-3-5-9(10)14(7-11(16)17)12(18)13(15)19/h3-6,8H,7H2,1-2H3,(H,16,17). The molecule has 0 aliphatic heterocycles. The van der Waals surface area contributed by atoms with Crippen LogP contribution in [0.3, 0.4) is 0 Å². The van der Waals surface area contributed by atoms with Crippen molar-refractivity contribution in [1.82, 2.24) is 9.13 Å². The number of fused-ring (bicyclic) bond motifs is 1. The molecule has 1 heterocycles. The lowest BCUT2D eigenvalue weighted by Crippen LogP contribution is -2.43. The summed E-state index contributed by atoms with van der Waals surface area (Å²) in [5.41, 5.74) is -0.503. The number of aromatic nitrogens is 2. The summed E-state index contributed by atoms with van der Waals surface area (Å²) in [5, 5.41) is 8.85. The van der Waals surface area contributed by atoms with Crippen molar-refractivity contribution < 1.29 is 9.90 Å². The van der Waals surface area contributed by atoms with Crippen LogP contribution in [0, 0.1) is 0 Å². The van der Waals surface area contributed by atoms with Crippen molar-refractivity contribution in [1.29, 1.82) is 0 Å². The molecule has 0 amide bonds. The van der Waals surface area contributed by atoms with Gasteiger partial charge in [0.05, 0.1) is 11.0 Å². The lowest BCUT2D eigenvalue weighted by molar-refractivity contribution is -0.137. The summed E-state index contributed by atoms with van der Waals surface area (Å²) in [5.74, 6) is -1.16. The largest absolute Gasteiger partial charge is 0.480 e. The van der Waals surface area contributed by atoms with Crippen LogP contribution in [-0.4, -0.2) is 20.2 Å². The minimum Gasteiger partial charge on any atom is -0.480 e. The minimum atomic E-state index is -1.16. The lowest BCUT2D eigenvalue weighted by Gasteiger charge is -2.16. The summed E-state index contributed by atoms with van der Waals surface area (Å²) >= 11 is 0. The van der Waals surface area contributed by atoms with Gasteiger partial charge in [0, 0.05) is 6.04 Å². The molecule has 100 valence electrons. The second-order valence-corrected chi connectivity index (χ2v) is 4.54. The lowest BCUT2D eigenvalue weighted by atomic mass is 10.2. The van der Waals surface area contributed by atoms with E-state index < -0.39 is 23.6 Å².